The maximum Gasteiger partial charge on any atom is 0.299 e. The van der Waals surface area contributed by atoms with Crippen LogP contribution in [0.25, 0.3) is 0 Å². The minimum absolute atomic E-state index is 0.180. The van der Waals surface area contributed by atoms with E-state index in [0.717, 1.165) is 24.3 Å². The molecule has 0 radical (unpaired) electrons. The first-order valence-corrected chi connectivity index (χ1v) is 13.5. The number of hydrogen-bond donors (Lipinski definition) is 1. The van der Waals surface area contributed by atoms with Crippen molar-refractivity contribution in [3.63, 3.8) is 0 Å². The van der Waals surface area contributed by atoms with Gasteiger partial charge in [-0.1, -0.05) is 49.4 Å². The van der Waals surface area contributed by atoms with Gasteiger partial charge < -0.3 is 19.9 Å². The third kappa shape index (κ3) is 5.74. The second kappa shape index (κ2) is 12.1. The highest BCUT2D eigenvalue weighted by atomic mass is 16.5. The van der Waals surface area contributed by atoms with Gasteiger partial charge in [0, 0.05) is 31.0 Å². The molecule has 0 aromatic heterocycles. The van der Waals surface area contributed by atoms with Crippen LogP contribution in [0.1, 0.15) is 29.3 Å². The molecule has 5 rings (SSSR count). The van der Waals surface area contributed by atoms with E-state index in [9.17, 15) is 19.2 Å². The van der Waals surface area contributed by atoms with Crippen molar-refractivity contribution < 1.29 is 23.9 Å². The maximum absolute atomic E-state index is 13.8. The van der Waals surface area contributed by atoms with Crippen LogP contribution in [0.3, 0.4) is 0 Å². The number of hydrogen-bond acceptors (Lipinski definition) is 6. The lowest BCUT2D eigenvalue weighted by Gasteiger charge is -2.32. The molecule has 2 aliphatic heterocycles. The number of Topliss-reactive ketones (excluding diaryl/α,β-unsaturated/α-hetero) is 1. The molecule has 2 aliphatic rings. The van der Waals surface area contributed by atoms with Crippen molar-refractivity contribution in [3.8, 4) is 0 Å². The summed E-state index contributed by atoms with van der Waals surface area (Å²) in [5.74, 6) is -2.13. The summed E-state index contributed by atoms with van der Waals surface area (Å²) in [4.78, 5) is 57.5. The molecule has 3 aromatic carbocycles. The van der Waals surface area contributed by atoms with E-state index in [1.165, 1.54) is 9.80 Å². The van der Waals surface area contributed by atoms with Gasteiger partial charge in [0.15, 0.2) is 0 Å². The van der Waals surface area contributed by atoms with Gasteiger partial charge in [-0.2, -0.15) is 0 Å². The van der Waals surface area contributed by atoms with E-state index in [-0.39, 0.29) is 24.6 Å². The molecule has 1 saturated heterocycles. The molecule has 3 aromatic rings. The van der Waals surface area contributed by atoms with Gasteiger partial charge in [0.25, 0.3) is 11.7 Å². The van der Waals surface area contributed by atoms with Crippen LogP contribution >= 0.6 is 0 Å². The number of carbonyl (C=O) groups excluding carboxylic acids is 4. The summed E-state index contributed by atoms with van der Waals surface area (Å²) < 4.78 is 5.42. The number of morpholine rings is 1. The van der Waals surface area contributed by atoms with Crippen LogP contribution in [0.15, 0.2) is 78.9 Å². The zero-order chi connectivity index (χ0) is 28.1. The van der Waals surface area contributed by atoms with Crippen LogP contribution in [0.4, 0.5) is 17.1 Å². The smallest absolute Gasteiger partial charge is 0.299 e. The van der Waals surface area contributed by atoms with Crippen molar-refractivity contribution in [1.82, 2.24) is 4.90 Å². The van der Waals surface area contributed by atoms with Crippen LogP contribution in [0.5, 0.6) is 0 Å². The van der Waals surface area contributed by atoms with E-state index in [0.29, 0.717) is 31.0 Å². The third-order valence-corrected chi connectivity index (χ3v) is 7.26. The molecular weight excluding hydrogens is 508 g/mol. The van der Waals surface area contributed by atoms with Crippen molar-refractivity contribution in [2.45, 2.75) is 25.9 Å². The van der Waals surface area contributed by atoms with Crippen molar-refractivity contribution >= 4 is 40.6 Å². The molecule has 0 bridgehead atoms. The Hall–Kier alpha value is -4.50. The summed E-state index contributed by atoms with van der Waals surface area (Å²) in [5.41, 5.74) is 3.21. The van der Waals surface area contributed by atoms with E-state index < -0.39 is 23.6 Å². The van der Waals surface area contributed by atoms with Gasteiger partial charge in [-0.3, -0.25) is 24.1 Å². The number of para-hydroxylation sites is 1. The minimum Gasteiger partial charge on any atom is -0.378 e. The van der Waals surface area contributed by atoms with Gasteiger partial charge in [0.2, 0.25) is 11.8 Å². The highest BCUT2D eigenvalue weighted by Gasteiger charge is 2.38. The molecule has 1 fully saturated rings. The lowest BCUT2D eigenvalue weighted by Crippen LogP contribution is -2.50. The largest absolute Gasteiger partial charge is 0.378 e. The van der Waals surface area contributed by atoms with Gasteiger partial charge >= 0.3 is 0 Å². The van der Waals surface area contributed by atoms with E-state index in [1.54, 1.807) is 24.3 Å². The van der Waals surface area contributed by atoms with Crippen LogP contribution in [0.2, 0.25) is 0 Å². The fraction of sp³-hybridized carbons (Fsp3) is 0.290. The standard InChI is InChI=1S/C31H32N4O5/c1-2-26(30(38)32-23-12-14-24(15-13-23)33-16-18-40-19-17-33)34(20-22-8-4-3-5-9-22)28(36)21-35-27-11-7-6-10-25(27)29(37)31(35)39/h3-15,26H,2,16-21H2,1H3,(H,32,38). The lowest BCUT2D eigenvalue weighted by atomic mass is 10.1. The number of carbonyl (C=O) groups is 4. The predicted molar refractivity (Wildman–Crippen MR) is 152 cm³/mol. The fourth-order valence-corrected chi connectivity index (χ4v) is 5.13. The Morgan fingerprint density at radius 3 is 2.30 bits per heavy atom. The third-order valence-electron chi connectivity index (χ3n) is 7.26. The fourth-order valence-electron chi connectivity index (χ4n) is 5.13. The summed E-state index contributed by atoms with van der Waals surface area (Å²) in [6.07, 6.45) is 0.361. The average molecular weight is 541 g/mol. The van der Waals surface area contributed by atoms with E-state index in [1.807, 2.05) is 61.5 Å². The SMILES string of the molecule is CCC(C(=O)Nc1ccc(N2CCOCC2)cc1)N(Cc1ccccc1)C(=O)CN1C(=O)C(=O)c2ccccc21. The molecule has 1 N–H and O–H groups in total. The van der Waals surface area contributed by atoms with Gasteiger partial charge in [-0.05, 0) is 48.4 Å². The number of anilines is 3. The first-order valence-electron chi connectivity index (χ1n) is 13.5. The number of ketones is 1. The number of fused-ring (bicyclic) bond motifs is 1. The number of nitrogens with zero attached hydrogens (tertiary/aromatic N) is 3. The molecule has 40 heavy (non-hydrogen) atoms. The van der Waals surface area contributed by atoms with Gasteiger partial charge in [-0.25, -0.2) is 0 Å². The van der Waals surface area contributed by atoms with Gasteiger partial charge in [-0.15, -0.1) is 0 Å². The van der Waals surface area contributed by atoms with Crippen LogP contribution in [-0.4, -0.2) is 67.3 Å². The Kier molecular flexibility index (Phi) is 8.21. The molecular formula is C31H32N4O5. The Balaban J connectivity index is 1.35. The van der Waals surface area contributed by atoms with Crippen molar-refractivity contribution in [3.05, 3.63) is 90.0 Å². The monoisotopic (exact) mass is 540 g/mol. The average Bonchev–Trinajstić information content (AvgIpc) is 3.23. The molecule has 206 valence electrons. The quantitative estimate of drug-likeness (QED) is 0.417. The van der Waals surface area contributed by atoms with Crippen LogP contribution in [0, 0.1) is 0 Å². The Bertz CT molecular complexity index is 1390. The topological polar surface area (TPSA) is 99.3 Å². The van der Waals surface area contributed by atoms with Crippen LogP contribution in [-0.2, 0) is 25.7 Å². The number of benzene rings is 3. The van der Waals surface area contributed by atoms with E-state index >= 15 is 0 Å². The molecule has 2 heterocycles. The summed E-state index contributed by atoms with van der Waals surface area (Å²) in [6, 6.07) is 22.8. The summed E-state index contributed by atoms with van der Waals surface area (Å²) in [7, 11) is 0. The first kappa shape index (κ1) is 27.1. The number of rotatable bonds is 9. The molecule has 1 atom stereocenters. The number of nitrogens with one attached hydrogen (secondary N) is 1. The first-order chi connectivity index (χ1) is 19.5. The summed E-state index contributed by atoms with van der Waals surface area (Å²) in [6.45, 7) is 4.68. The molecule has 0 aliphatic carbocycles. The molecule has 1 unspecified atom stereocenters. The zero-order valence-electron chi connectivity index (χ0n) is 22.4. The van der Waals surface area contributed by atoms with Gasteiger partial charge in [0.05, 0.1) is 24.5 Å². The number of ether oxygens (including phenoxy) is 1. The van der Waals surface area contributed by atoms with Crippen molar-refractivity contribution in [2.75, 3.05) is 48.0 Å². The lowest BCUT2D eigenvalue weighted by molar-refractivity contribution is -0.138. The molecule has 0 spiro atoms. The molecule has 9 nitrogen and oxygen atoms in total. The summed E-state index contributed by atoms with van der Waals surface area (Å²) in [5, 5.41) is 2.96. The maximum atomic E-state index is 13.8. The van der Waals surface area contributed by atoms with Crippen LogP contribution < -0.4 is 15.1 Å². The van der Waals surface area contributed by atoms with Gasteiger partial charge in [0.1, 0.15) is 12.6 Å². The van der Waals surface area contributed by atoms with E-state index in [2.05, 4.69) is 10.2 Å². The predicted octanol–water partition coefficient (Wildman–Crippen LogP) is 3.50. The number of amides is 3. The highest BCUT2D eigenvalue weighted by molar-refractivity contribution is 6.52. The molecule has 0 saturated carbocycles. The van der Waals surface area contributed by atoms with Crippen molar-refractivity contribution in [1.29, 1.82) is 0 Å². The minimum atomic E-state index is -0.796. The normalized spacial score (nSPS) is 15.5. The molecule has 9 heteroatoms. The Labute approximate surface area is 233 Å². The Morgan fingerprint density at radius 2 is 1.60 bits per heavy atom. The second-order valence-corrected chi connectivity index (χ2v) is 9.80. The second-order valence-electron chi connectivity index (χ2n) is 9.80. The Morgan fingerprint density at radius 1 is 0.925 bits per heavy atom. The summed E-state index contributed by atoms with van der Waals surface area (Å²) >= 11 is 0. The molecule has 3 amide bonds. The highest BCUT2D eigenvalue weighted by Crippen LogP contribution is 2.29. The van der Waals surface area contributed by atoms with Crippen molar-refractivity contribution in [2.24, 2.45) is 0 Å². The zero-order valence-corrected chi connectivity index (χ0v) is 22.4. The van der Waals surface area contributed by atoms with E-state index in [4.69, 9.17) is 4.74 Å².